The molecular weight excluding hydrogens is 360 g/mol. The maximum absolute atomic E-state index is 12.8. The highest BCUT2D eigenvalue weighted by Crippen LogP contribution is 2.25. The van der Waals surface area contributed by atoms with E-state index < -0.39 is 0 Å². The molecule has 1 aliphatic heterocycles. The molecule has 3 rings (SSSR count). The van der Waals surface area contributed by atoms with E-state index in [0.29, 0.717) is 31.7 Å². The van der Waals surface area contributed by atoms with Crippen molar-refractivity contribution < 1.29 is 14.3 Å². The second-order valence-corrected chi connectivity index (χ2v) is 7.98. The van der Waals surface area contributed by atoms with Crippen LogP contribution >= 0.6 is 11.3 Å². The molecule has 0 N–H and O–H groups in total. The highest BCUT2D eigenvalue weighted by molar-refractivity contribution is 7.14. The fourth-order valence-electron chi connectivity index (χ4n) is 3.38. The first-order chi connectivity index (χ1) is 12.9. The Bertz CT molecular complexity index is 851. The fourth-order valence-corrected chi connectivity index (χ4v) is 4.46. The Labute approximate surface area is 164 Å². The van der Waals surface area contributed by atoms with Gasteiger partial charge < -0.3 is 14.5 Å². The van der Waals surface area contributed by atoms with Crippen molar-refractivity contribution in [3.63, 3.8) is 0 Å². The third-order valence-corrected chi connectivity index (χ3v) is 6.43. The number of ether oxygens (including phenoxy) is 1. The van der Waals surface area contributed by atoms with Crippen molar-refractivity contribution >= 4 is 23.2 Å². The molecule has 2 amide bonds. The molecule has 5 nitrogen and oxygen atoms in total. The summed E-state index contributed by atoms with van der Waals surface area (Å²) in [6.45, 7) is 8.33. The molecule has 0 spiro atoms. The van der Waals surface area contributed by atoms with Gasteiger partial charge in [0, 0.05) is 36.6 Å². The van der Waals surface area contributed by atoms with Crippen molar-refractivity contribution in [1.82, 2.24) is 9.80 Å². The number of hydrogen-bond acceptors (Lipinski definition) is 4. The first-order valence-corrected chi connectivity index (χ1v) is 10.1. The molecule has 0 saturated carbocycles. The van der Waals surface area contributed by atoms with Gasteiger partial charge in [-0.1, -0.05) is 13.0 Å². The minimum absolute atomic E-state index is 0.0133. The van der Waals surface area contributed by atoms with Gasteiger partial charge in [0.2, 0.25) is 0 Å². The van der Waals surface area contributed by atoms with Gasteiger partial charge >= 0.3 is 0 Å². The van der Waals surface area contributed by atoms with E-state index in [2.05, 4.69) is 13.8 Å². The van der Waals surface area contributed by atoms with Crippen LogP contribution in [0.15, 0.2) is 24.3 Å². The number of thiophene rings is 1. The number of rotatable bonds is 4. The topological polar surface area (TPSA) is 49.9 Å². The lowest BCUT2D eigenvalue weighted by atomic mass is 10.1. The Balaban J connectivity index is 1.64. The molecule has 1 aliphatic rings. The number of carbonyl (C=O) groups excluding carboxylic acids is 2. The van der Waals surface area contributed by atoms with Gasteiger partial charge in [0.05, 0.1) is 12.0 Å². The molecule has 0 aliphatic carbocycles. The Morgan fingerprint density at radius 3 is 2.19 bits per heavy atom. The van der Waals surface area contributed by atoms with E-state index >= 15 is 0 Å². The highest BCUT2D eigenvalue weighted by Gasteiger charge is 2.26. The standard InChI is InChI=1S/C21H26N2O3S/c1-5-18-15(3)12-19(27-18)21(25)23-10-8-22(9-11-23)20(24)16-7-6-14(2)17(13-16)26-4/h6-7,12-13H,5,8-11H2,1-4H3. The molecule has 1 saturated heterocycles. The van der Waals surface area contributed by atoms with E-state index in [0.717, 1.165) is 22.6 Å². The first kappa shape index (κ1) is 19.4. The monoisotopic (exact) mass is 386 g/mol. The van der Waals surface area contributed by atoms with E-state index in [1.807, 2.05) is 34.9 Å². The predicted molar refractivity (Wildman–Crippen MR) is 108 cm³/mol. The molecule has 2 aromatic rings. The summed E-state index contributed by atoms with van der Waals surface area (Å²) in [4.78, 5) is 31.3. The number of benzene rings is 1. The Hall–Kier alpha value is -2.34. The molecule has 27 heavy (non-hydrogen) atoms. The predicted octanol–water partition coefficient (Wildman–Crippen LogP) is 3.53. The van der Waals surface area contributed by atoms with Crippen molar-refractivity contribution in [1.29, 1.82) is 0 Å². The van der Waals surface area contributed by atoms with Crippen LogP contribution in [-0.4, -0.2) is 54.9 Å². The van der Waals surface area contributed by atoms with Crippen molar-refractivity contribution in [2.45, 2.75) is 27.2 Å². The van der Waals surface area contributed by atoms with E-state index in [4.69, 9.17) is 4.74 Å². The largest absolute Gasteiger partial charge is 0.496 e. The number of hydrogen-bond donors (Lipinski definition) is 0. The van der Waals surface area contributed by atoms with Crippen LogP contribution in [0.1, 0.15) is 43.0 Å². The third-order valence-electron chi connectivity index (χ3n) is 5.06. The van der Waals surface area contributed by atoms with Crippen LogP contribution in [0.25, 0.3) is 0 Å². The number of nitrogens with zero attached hydrogens (tertiary/aromatic N) is 2. The van der Waals surface area contributed by atoms with Gasteiger partial charge in [0.25, 0.3) is 11.8 Å². The molecule has 1 fully saturated rings. The van der Waals surface area contributed by atoms with E-state index in [1.54, 1.807) is 24.5 Å². The average molecular weight is 387 g/mol. The molecular formula is C21H26N2O3S. The third kappa shape index (κ3) is 4.00. The lowest BCUT2D eigenvalue weighted by molar-refractivity contribution is 0.0538. The van der Waals surface area contributed by atoms with Gasteiger partial charge in [-0.05, 0) is 49.6 Å². The summed E-state index contributed by atoms with van der Waals surface area (Å²) in [5, 5.41) is 0. The van der Waals surface area contributed by atoms with E-state index in [1.165, 1.54) is 10.4 Å². The van der Waals surface area contributed by atoms with E-state index in [9.17, 15) is 9.59 Å². The summed E-state index contributed by atoms with van der Waals surface area (Å²) in [5.41, 5.74) is 2.81. The van der Waals surface area contributed by atoms with Gasteiger partial charge in [-0.25, -0.2) is 0 Å². The Morgan fingerprint density at radius 2 is 1.63 bits per heavy atom. The second kappa shape index (κ2) is 8.13. The number of aryl methyl sites for hydroxylation is 3. The smallest absolute Gasteiger partial charge is 0.264 e. The van der Waals surface area contributed by atoms with Crippen molar-refractivity contribution in [3.05, 3.63) is 50.7 Å². The second-order valence-electron chi connectivity index (χ2n) is 6.84. The number of methoxy groups -OCH3 is 1. The SMILES string of the molecule is CCc1sc(C(=O)N2CCN(C(=O)c3ccc(C)c(OC)c3)CC2)cc1C. The molecule has 0 unspecified atom stereocenters. The summed E-state index contributed by atoms with van der Waals surface area (Å²) in [6, 6.07) is 7.51. The normalized spacial score (nSPS) is 14.4. The van der Waals surface area contributed by atoms with Crippen LogP contribution in [0.4, 0.5) is 0 Å². The zero-order valence-electron chi connectivity index (χ0n) is 16.4. The molecule has 144 valence electrons. The first-order valence-electron chi connectivity index (χ1n) is 9.27. The fraction of sp³-hybridized carbons (Fsp3) is 0.429. The van der Waals surface area contributed by atoms with Crippen LogP contribution in [0.3, 0.4) is 0 Å². The van der Waals surface area contributed by atoms with Gasteiger partial charge in [-0.3, -0.25) is 9.59 Å². The minimum Gasteiger partial charge on any atom is -0.496 e. The quantitative estimate of drug-likeness (QED) is 0.808. The molecule has 6 heteroatoms. The minimum atomic E-state index is -0.0133. The summed E-state index contributed by atoms with van der Waals surface area (Å²) in [6.07, 6.45) is 0.950. The van der Waals surface area contributed by atoms with Crippen LogP contribution in [0, 0.1) is 13.8 Å². The maximum atomic E-state index is 12.8. The van der Waals surface area contributed by atoms with Crippen LogP contribution in [-0.2, 0) is 6.42 Å². The molecule has 1 aromatic heterocycles. The number of amides is 2. The molecule has 0 radical (unpaired) electrons. The van der Waals surface area contributed by atoms with E-state index in [-0.39, 0.29) is 11.8 Å². The summed E-state index contributed by atoms with van der Waals surface area (Å²) in [5.74, 6) is 0.780. The van der Waals surface area contributed by atoms with Crippen LogP contribution < -0.4 is 4.74 Å². The van der Waals surface area contributed by atoms with Crippen LogP contribution in [0.5, 0.6) is 5.75 Å². The van der Waals surface area contributed by atoms with Gasteiger partial charge in [0.1, 0.15) is 5.75 Å². The lowest BCUT2D eigenvalue weighted by Gasteiger charge is -2.34. The zero-order valence-corrected chi connectivity index (χ0v) is 17.2. The maximum Gasteiger partial charge on any atom is 0.264 e. The Morgan fingerprint density at radius 1 is 1.00 bits per heavy atom. The lowest BCUT2D eigenvalue weighted by Crippen LogP contribution is -2.50. The van der Waals surface area contributed by atoms with Crippen molar-refractivity contribution in [3.8, 4) is 5.75 Å². The number of piperazine rings is 1. The van der Waals surface area contributed by atoms with Crippen molar-refractivity contribution in [2.75, 3.05) is 33.3 Å². The van der Waals surface area contributed by atoms with Crippen LogP contribution in [0.2, 0.25) is 0 Å². The Kier molecular flexibility index (Phi) is 5.85. The molecule has 1 aromatic carbocycles. The van der Waals surface area contributed by atoms with Gasteiger partial charge in [0.15, 0.2) is 0 Å². The summed E-state index contributed by atoms with van der Waals surface area (Å²) < 4.78 is 5.32. The number of carbonyl (C=O) groups is 2. The molecule has 2 heterocycles. The molecule has 0 atom stereocenters. The van der Waals surface area contributed by atoms with Gasteiger partial charge in [-0.2, -0.15) is 0 Å². The highest BCUT2D eigenvalue weighted by atomic mass is 32.1. The average Bonchev–Trinajstić information content (AvgIpc) is 3.08. The molecule has 0 bridgehead atoms. The summed E-state index contributed by atoms with van der Waals surface area (Å²) in [7, 11) is 1.61. The summed E-state index contributed by atoms with van der Waals surface area (Å²) >= 11 is 1.58. The zero-order chi connectivity index (χ0) is 19.6. The van der Waals surface area contributed by atoms with Crippen molar-refractivity contribution in [2.24, 2.45) is 0 Å². The van der Waals surface area contributed by atoms with Gasteiger partial charge in [-0.15, -0.1) is 11.3 Å².